The van der Waals surface area contributed by atoms with Crippen molar-refractivity contribution in [1.29, 1.82) is 0 Å². The second-order valence-electron chi connectivity index (χ2n) is 5.91. The highest BCUT2D eigenvalue weighted by Crippen LogP contribution is 1.97. The number of pyridine rings is 1. The molecular formula is C19H34IN5O2. The zero-order valence-electron chi connectivity index (χ0n) is 16.7. The van der Waals surface area contributed by atoms with E-state index in [1.165, 1.54) is 0 Å². The Kier molecular flexibility index (Phi) is 15.9. The van der Waals surface area contributed by atoms with Crippen LogP contribution in [0.4, 0.5) is 0 Å². The Bertz CT molecular complexity index is 528. The lowest BCUT2D eigenvalue weighted by Gasteiger charge is -2.16. The first-order valence-electron chi connectivity index (χ1n) is 9.41. The minimum atomic E-state index is -0.00511. The van der Waals surface area contributed by atoms with Gasteiger partial charge in [-0.2, -0.15) is 0 Å². The fourth-order valence-corrected chi connectivity index (χ4v) is 2.24. The Morgan fingerprint density at radius 3 is 2.74 bits per heavy atom. The highest BCUT2D eigenvalue weighted by atomic mass is 127. The summed E-state index contributed by atoms with van der Waals surface area (Å²) in [5.41, 5.74) is 0.984. The Balaban J connectivity index is 0.00000676. The molecule has 154 valence electrons. The van der Waals surface area contributed by atoms with Crippen LogP contribution in [0.15, 0.2) is 29.4 Å². The molecule has 0 bridgehead atoms. The number of carbonyl (C=O) groups is 1. The molecule has 1 heterocycles. The van der Waals surface area contributed by atoms with Crippen LogP contribution in [-0.2, 0) is 16.0 Å². The smallest absolute Gasteiger partial charge is 0.244 e. The molecule has 2 N–H and O–H groups in total. The zero-order valence-corrected chi connectivity index (χ0v) is 19.1. The van der Waals surface area contributed by atoms with Gasteiger partial charge < -0.3 is 20.3 Å². The summed E-state index contributed by atoms with van der Waals surface area (Å²) in [7, 11) is 1.80. The van der Waals surface area contributed by atoms with E-state index in [2.05, 4.69) is 20.6 Å². The van der Waals surface area contributed by atoms with Gasteiger partial charge in [0.25, 0.3) is 0 Å². The number of ether oxygens (including phenoxy) is 1. The fraction of sp³-hybridized carbons (Fsp3) is 0.632. The minimum absolute atomic E-state index is 0. The van der Waals surface area contributed by atoms with Gasteiger partial charge in [-0.25, -0.2) is 4.99 Å². The highest BCUT2D eigenvalue weighted by molar-refractivity contribution is 14.0. The number of aromatic nitrogens is 1. The molecule has 0 radical (unpaired) electrons. The lowest BCUT2D eigenvalue weighted by Crippen LogP contribution is -2.39. The molecule has 0 unspecified atom stereocenters. The van der Waals surface area contributed by atoms with Gasteiger partial charge in [0.1, 0.15) is 6.54 Å². The predicted octanol–water partition coefficient (Wildman–Crippen LogP) is 2.07. The molecule has 0 atom stereocenters. The Labute approximate surface area is 180 Å². The van der Waals surface area contributed by atoms with Gasteiger partial charge in [0.05, 0.1) is 0 Å². The molecular weight excluding hydrogens is 457 g/mol. The Hall–Kier alpha value is -1.42. The molecule has 0 aliphatic carbocycles. The van der Waals surface area contributed by atoms with E-state index in [4.69, 9.17) is 4.74 Å². The highest BCUT2D eigenvalue weighted by Gasteiger charge is 2.09. The van der Waals surface area contributed by atoms with Gasteiger partial charge in [0, 0.05) is 58.2 Å². The molecule has 1 aromatic rings. The molecule has 8 heteroatoms. The van der Waals surface area contributed by atoms with E-state index in [1.54, 1.807) is 18.1 Å². The maximum atomic E-state index is 12.2. The lowest BCUT2D eigenvalue weighted by molar-refractivity contribution is -0.128. The van der Waals surface area contributed by atoms with Gasteiger partial charge in [0.15, 0.2) is 5.96 Å². The van der Waals surface area contributed by atoms with Gasteiger partial charge in [-0.05, 0) is 38.8 Å². The van der Waals surface area contributed by atoms with Crippen LogP contribution >= 0.6 is 24.0 Å². The Morgan fingerprint density at radius 1 is 1.26 bits per heavy atom. The molecule has 1 aromatic heterocycles. The number of nitrogens with one attached hydrogen (secondary N) is 2. The topological polar surface area (TPSA) is 78.9 Å². The molecule has 0 aromatic carbocycles. The maximum absolute atomic E-state index is 12.2. The van der Waals surface area contributed by atoms with Crippen LogP contribution in [0, 0.1) is 0 Å². The lowest BCUT2D eigenvalue weighted by atomic mass is 10.2. The molecule has 0 aliphatic heterocycles. The third kappa shape index (κ3) is 12.6. The van der Waals surface area contributed by atoms with Crippen LogP contribution in [0.2, 0.25) is 0 Å². The SMILES string of the molecule is CCNC(=NCC(=O)N(C)CCc1ccccn1)NCCCCOCC.I. The zero-order chi connectivity index (χ0) is 19.0. The molecule has 1 amide bonds. The average Bonchev–Trinajstić information content (AvgIpc) is 2.67. The number of amides is 1. The summed E-state index contributed by atoms with van der Waals surface area (Å²) in [6.07, 6.45) is 4.52. The van der Waals surface area contributed by atoms with Crippen molar-refractivity contribution in [3.8, 4) is 0 Å². The van der Waals surface area contributed by atoms with E-state index < -0.39 is 0 Å². The summed E-state index contributed by atoms with van der Waals surface area (Å²) in [5.74, 6) is 0.671. The number of hydrogen-bond donors (Lipinski definition) is 2. The number of aliphatic imine (C=N–C) groups is 1. The van der Waals surface area contributed by atoms with Crippen molar-refractivity contribution < 1.29 is 9.53 Å². The third-order valence-electron chi connectivity index (χ3n) is 3.78. The summed E-state index contributed by atoms with van der Waals surface area (Å²) in [5, 5.41) is 6.42. The van der Waals surface area contributed by atoms with Crippen molar-refractivity contribution in [1.82, 2.24) is 20.5 Å². The quantitative estimate of drug-likeness (QED) is 0.203. The number of nitrogens with zero attached hydrogens (tertiary/aromatic N) is 3. The first kappa shape index (κ1) is 25.6. The van der Waals surface area contributed by atoms with Crippen molar-refractivity contribution >= 4 is 35.8 Å². The maximum Gasteiger partial charge on any atom is 0.244 e. The molecule has 0 saturated carbocycles. The molecule has 0 fully saturated rings. The Morgan fingerprint density at radius 2 is 2.07 bits per heavy atom. The minimum Gasteiger partial charge on any atom is -0.382 e. The van der Waals surface area contributed by atoms with Crippen LogP contribution in [0.1, 0.15) is 32.4 Å². The molecule has 1 rings (SSSR count). The number of carbonyl (C=O) groups excluding carboxylic acids is 1. The summed E-state index contributed by atoms with van der Waals surface area (Å²) in [6.45, 7) is 7.88. The second kappa shape index (κ2) is 16.7. The molecule has 0 saturated heterocycles. The monoisotopic (exact) mass is 491 g/mol. The van der Waals surface area contributed by atoms with E-state index in [9.17, 15) is 4.79 Å². The van der Waals surface area contributed by atoms with Crippen LogP contribution < -0.4 is 10.6 Å². The summed E-state index contributed by atoms with van der Waals surface area (Å²) in [6, 6.07) is 5.81. The van der Waals surface area contributed by atoms with Crippen molar-refractivity contribution in [3.63, 3.8) is 0 Å². The van der Waals surface area contributed by atoms with Crippen LogP contribution in [-0.4, -0.2) is 68.2 Å². The van der Waals surface area contributed by atoms with E-state index >= 15 is 0 Å². The van der Waals surface area contributed by atoms with Crippen LogP contribution in [0.3, 0.4) is 0 Å². The van der Waals surface area contributed by atoms with Crippen molar-refractivity contribution in [3.05, 3.63) is 30.1 Å². The molecule has 27 heavy (non-hydrogen) atoms. The van der Waals surface area contributed by atoms with Gasteiger partial charge >= 0.3 is 0 Å². The van der Waals surface area contributed by atoms with Crippen LogP contribution in [0.5, 0.6) is 0 Å². The number of guanidine groups is 1. The first-order chi connectivity index (χ1) is 12.7. The van der Waals surface area contributed by atoms with Crippen LogP contribution in [0.25, 0.3) is 0 Å². The second-order valence-corrected chi connectivity index (χ2v) is 5.91. The number of hydrogen-bond acceptors (Lipinski definition) is 4. The summed E-state index contributed by atoms with van der Waals surface area (Å²) < 4.78 is 5.32. The molecule has 0 aliphatic rings. The van der Waals surface area contributed by atoms with Gasteiger partial charge in [-0.15, -0.1) is 24.0 Å². The number of halogens is 1. The molecule has 7 nitrogen and oxygen atoms in total. The third-order valence-corrected chi connectivity index (χ3v) is 3.78. The number of rotatable bonds is 12. The standard InChI is InChI=1S/C19H33N5O2.HI/c1-4-20-19(22-13-8-9-15-26-5-2)23-16-18(25)24(3)14-11-17-10-6-7-12-21-17;/h6-7,10,12H,4-5,8-9,11,13-16H2,1-3H3,(H2,20,22,23);1H. The normalized spacial score (nSPS) is 10.9. The van der Waals surface area contributed by atoms with E-state index in [0.717, 1.165) is 51.3 Å². The van der Waals surface area contributed by atoms with Gasteiger partial charge in [0.2, 0.25) is 5.91 Å². The van der Waals surface area contributed by atoms with E-state index in [-0.39, 0.29) is 36.4 Å². The first-order valence-corrected chi connectivity index (χ1v) is 9.41. The number of unbranched alkanes of at least 4 members (excludes halogenated alkanes) is 1. The van der Waals surface area contributed by atoms with Gasteiger partial charge in [-0.3, -0.25) is 9.78 Å². The van der Waals surface area contributed by atoms with Crippen molar-refractivity contribution in [2.24, 2.45) is 4.99 Å². The van der Waals surface area contributed by atoms with Crippen molar-refractivity contribution in [2.45, 2.75) is 33.1 Å². The number of likely N-dealkylation sites (N-methyl/N-ethyl adjacent to an activating group) is 1. The van der Waals surface area contributed by atoms with Crippen molar-refractivity contribution in [2.75, 3.05) is 46.4 Å². The molecule has 0 spiro atoms. The van der Waals surface area contributed by atoms with Gasteiger partial charge in [-0.1, -0.05) is 6.07 Å². The largest absolute Gasteiger partial charge is 0.382 e. The predicted molar refractivity (Wildman–Crippen MR) is 121 cm³/mol. The summed E-state index contributed by atoms with van der Waals surface area (Å²) >= 11 is 0. The van der Waals surface area contributed by atoms with E-state index in [1.807, 2.05) is 32.0 Å². The average molecular weight is 491 g/mol. The van der Waals surface area contributed by atoms with E-state index in [0.29, 0.717) is 12.5 Å². The fourth-order valence-electron chi connectivity index (χ4n) is 2.24. The summed E-state index contributed by atoms with van der Waals surface area (Å²) in [4.78, 5) is 22.6.